The third-order valence-corrected chi connectivity index (χ3v) is 19.9. The lowest BCUT2D eigenvalue weighted by molar-refractivity contribution is -0.164. The van der Waals surface area contributed by atoms with Gasteiger partial charge in [-0.15, -0.1) is 0 Å². The first-order valence-corrected chi connectivity index (χ1v) is 37.8. The summed E-state index contributed by atoms with van der Waals surface area (Å²) in [5.74, 6) is -22.6. The van der Waals surface area contributed by atoms with Crippen LogP contribution in [0.1, 0.15) is 167 Å². The van der Waals surface area contributed by atoms with Crippen LogP contribution in [0.2, 0.25) is 0 Å². The van der Waals surface area contributed by atoms with Gasteiger partial charge < -0.3 is 127 Å². The van der Waals surface area contributed by atoms with Gasteiger partial charge in [-0.3, -0.25) is 77.1 Å². The molecule has 2 aliphatic rings. The van der Waals surface area contributed by atoms with Crippen molar-refractivity contribution < 1.29 is 107 Å². The van der Waals surface area contributed by atoms with Crippen molar-refractivity contribution in [1.29, 1.82) is 0 Å². The Labute approximate surface area is 652 Å². The molecule has 0 aromatic rings. The summed E-state index contributed by atoms with van der Waals surface area (Å²) >= 11 is 0. The summed E-state index contributed by atoms with van der Waals surface area (Å²) in [5.41, 5.74) is 33.4. The largest absolute Gasteiger partial charge is 0.481 e. The first-order valence-electron chi connectivity index (χ1n) is 37.8. The fourth-order valence-electron chi connectivity index (χ4n) is 13.2. The minimum absolute atomic E-state index is 0.0250. The molecule has 26 N–H and O–H groups in total. The average Bonchev–Trinajstić information content (AvgIpc) is 0.848. The fraction of sp³-hybridized carbons (Fsp3) is 0.761. The van der Waals surface area contributed by atoms with Crippen molar-refractivity contribution in [1.82, 2.24) is 57.7 Å². The van der Waals surface area contributed by atoms with Crippen LogP contribution in [0.5, 0.6) is 0 Å². The van der Waals surface area contributed by atoms with E-state index in [4.69, 9.17) is 43.9 Å². The minimum Gasteiger partial charge on any atom is -0.481 e. The summed E-state index contributed by atoms with van der Waals surface area (Å²) in [5, 5.41) is 77.6. The number of carbonyl (C=O) groups excluding carboxylic acids is 14. The number of hydrogen-bond acceptors (Lipinski definition) is 23. The van der Waals surface area contributed by atoms with Crippen molar-refractivity contribution in [3.63, 3.8) is 0 Å². The Balaban J connectivity index is 3.00. The molecule has 0 aromatic carbocycles. The monoisotopic (exact) mass is 1600 g/mol. The van der Waals surface area contributed by atoms with Gasteiger partial charge in [-0.2, -0.15) is 0 Å². The number of aliphatic imine (C=N–C) groups is 2. The number of rotatable bonds is 37. The molecule has 2 aliphatic heterocycles. The number of likely N-dealkylation sites (N-methyl/N-ethyl adjacent to an activating group) is 1. The molecule has 2 heterocycles. The first kappa shape index (κ1) is 98.5. The van der Waals surface area contributed by atoms with Crippen LogP contribution in [0.15, 0.2) is 9.98 Å². The number of nitrogens with one attached hydrogen (secondary N) is 9. The number of nitrogens with zero attached hydrogens (tertiary/aromatic N) is 4. The average molecular weight is 1600 g/mol. The standard InChI is InChI=1S/C71H125N19O22/c1-32(2)27-34(5)29-35(6)54(95)38(9)58(99)80-39(10)59(100)81-42(19-17-24-78-70(74)75)55(96)56(97)66(107)86-51(36(7)37(8)57(73)98)63(104)88-53-41(12)112-69(110)48-21-15-16-26-90(48)68(109)45(30-50(93)94)84-64(105)52(40(11)111-14)87-62(103)47(22-23-49(72)92)89(13)67(108)44(28-33(3)4)83-60(101)43(20-18-25-79-71(76)77)82-61(102)46(31-91)85-65(53)106/h32-48,51-56,91,95-97H,15-31H2,1-14H3,(H2,72,92)(H2,73,98)(H,80,99)(H,81,100)(H,82,102)(H,83,101)(H,84,105)(H,85,106)(H,86,107)(H,87,103)(H,88,104)(H,93,94)(H4,74,75,78)(H4,76,77,79)/t34-,35-,36+,37-,38-,39-,40-,41-,42+,43-,44+,45-,46-,47+,48+,51+,52+,53-,54-,55-,56-/m1/s1. The second kappa shape index (κ2) is 47.7. The van der Waals surface area contributed by atoms with E-state index in [1.807, 2.05) is 6.92 Å². The molecule has 41 nitrogen and oxygen atoms in total. The summed E-state index contributed by atoms with van der Waals surface area (Å²) in [6, 6.07) is -19.9. The molecule has 0 bridgehead atoms. The number of carboxylic acids is 1. The number of ether oxygens (including phenoxy) is 2. The van der Waals surface area contributed by atoms with Gasteiger partial charge in [0.05, 0.1) is 37.2 Å². The van der Waals surface area contributed by atoms with Crippen LogP contribution in [0, 0.1) is 41.4 Å². The van der Waals surface area contributed by atoms with Gasteiger partial charge in [-0.1, -0.05) is 62.3 Å². The highest BCUT2D eigenvalue weighted by Gasteiger charge is 2.46. The van der Waals surface area contributed by atoms with Gasteiger partial charge >= 0.3 is 11.9 Å². The molecule has 2 fully saturated rings. The third-order valence-electron chi connectivity index (χ3n) is 19.9. The number of aliphatic carboxylic acids is 1. The zero-order chi connectivity index (χ0) is 85.5. The zero-order valence-corrected chi connectivity index (χ0v) is 66.7. The number of guanidine groups is 2. The summed E-state index contributed by atoms with van der Waals surface area (Å²) < 4.78 is 11.3. The maximum Gasteiger partial charge on any atom is 0.329 e. The van der Waals surface area contributed by atoms with E-state index >= 15 is 9.59 Å². The van der Waals surface area contributed by atoms with Crippen molar-refractivity contribution in [2.45, 2.75) is 264 Å². The molecular weight excluding hydrogens is 1470 g/mol. The number of carboxylic acid groups (broad SMARTS) is 1. The Morgan fingerprint density at radius 2 is 1.21 bits per heavy atom. The zero-order valence-electron chi connectivity index (χ0n) is 66.7. The van der Waals surface area contributed by atoms with Crippen LogP contribution in [0.3, 0.4) is 0 Å². The number of cyclic esters (lactones) is 1. The number of aliphatic hydroxyl groups excluding tert-OH is 4. The van der Waals surface area contributed by atoms with Crippen LogP contribution in [-0.4, -0.2) is 273 Å². The smallest absolute Gasteiger partial charge is 0.329 e. The molecule has 0 unspecified atom stereocenters. The van der Waals surface area contributed by atoms with Crippen LogP contribution >= 0.6 is 0 Å². The van der Waals surface area contributed by atoms with Crippen molar-refractivity contribution >= 4 is 101 Å². The highest BCUT2D eigenvalue weighted by Crippen LogP contribution is 2.27. The Morgan fingerprint density at radius 1 is 0.634 bits per heavy atom. The summed E-state index contributed by atoms with van der Waals surface area (Å²) in [6.45, 7) is 17.1. The topological polar surface area (TPSA) is 671 Å². The van der Waals surface area contributed by atoms with Gasteiger partial charge in [0.2, 0.25) is 70.9 Å². The first-order chi connectivity index (χ1) is 52.2. The molecule has 0 radical (unpaired) electrons. The number of primary amides is 2. The lowest BCUT2D eigenvalue weighted by atomic mass is 9.83. The van der Waals surface area contributed by atoms with E-state index in [2.05, 4.69) is 71.7 Å². The lowest BCUT2D eigenvalue weighted by Gasteiger charge is -2.38. The van der Waals surface area contributed by atoms with Gasteiger partial charge in [-0.25, -0.2) is 4.79 Å². The van der Waals surface area contributed by atoms with E-state index in [0.29, 0.717) is 12.3 Å². The molecule has 0 spiro atoms. The lowest BCUT2D eigenvalue weighted by Crippen LogP contribution is -2.64. The number of esters is 1. The van der Waals surface area contributed by atoms with Crippen LogP contribution in [0.25, 0.3) is 0 Å². The predicted octanol–water partition coefficient (Wildman–Crippen LogP) is -6.37. The number of nitrogens with two attached hydrogens (primary N) is 6. The van der Waals surface area contributed by atoms with Crippen molar-refractivity contribution in [2.24, 2.45) is 85.8 Å². The molecule has 41 heteroatoms. The Hall–Kier alpha value is -9.61. The molecule has 2 rings (SSSR count). The molecular formula is C71H125N19O22. The van der Waals surface area contributed by atoms with Gasteiger partial charge in [0.1, 0.15) is 72.6 Å². The molecule has 636 valence electrons. The molecule has 112 heavy (non-hydrogen) atoms. The van der Waals surface area contributed by atoms with E-state index in [9.17, 15) is 87.9 Å². The number of fused-ring (bicyclic) bond motifs is 1. The summed E-state index contributed by atoms with van der Waals surface area (Å²) in [4.78, 5) is 222. The summed E-state index contributed by atoms with van der Waals surface area (Å²) in [7, 11) is 2.29. The Kier molecular flexibility index (Phi) is 41.9. The highest BCUT2D eigenvalue weighted by atomic mass is 16.5. The number of piperidine rings is 1. The van der Waals surface area contributed by atoms with E-state index in [-0.39, 0.29) is 94.8 Å². The summed E-state index contributed by atoms with van der Waals surface area (Å²) in [6.07, 6.45) is -10.7. The second-order valence-corrected chi connectivity index (χ2v) is 30.2. The quantitative estimate of drug-likeness (QED) is 0.0119. The molecule has 13 amide bonds. The molecule has 0 aromatic heterocycles. The SMILES string of the molecule is CO[C@H](C)[C@@H]1NC(=O)[C@H](CCC(N)=O)N(C)C(=O)[C@H](CC(C)C)NC(=O)[C@@H](CCCN=C(N)N)NC(=O)[C@@H](CO)NC(=O)[C@H](NC(=O)[C@@H](NC(=O)[C@H](O)[C@H](O)[C@H](CCCN=C(N)N)NC(=O)[C@@H](C)NC(=O)[C@H](C)[C@H](O)[C@H](C)C[C@H](C)CC(C)C)[C@@H](C)[C@@H](C)C(N)=O)[C@@H](C)OC(=O)[C@@H]2CCCCN2C(=O)[C@@H](CC(=O)O)NC1=O. The normalized spacial score (nSPS) is 24.1. The van der Waals surface area contributed by atoms with Crippen LogP contribution in [0.4, 0.5) is 0 Å². The molecule has 21 atom stereocenters. The number of aliphatic hydroxyl groups is 4. The predicted molar refractivity (Wildman–Crippen MR) is 405 cm³/mol. The third kappa shape index (κ3) is 31.9. The Morgan fingerprint density at radius 3 is 1.77 bits per heavy atom. The molecule has 2 saturated heterocycles. The van der Waals surface area contributed by atoms with Crippen molar-refractivity contribution in [2.75, 3.05) is 40.4 Å². The minimum atomic E-state index is -2.60. The van der Waals surface area contributed by atoms with E-state index in [0.717, 1.165) is 37.3 Å². The van der Waals surface area contributed by atoms with E-state index < -0.39 is 235 Å². The van der Waals surface area contributed by atoms with Crippen LogP contribution in [-0.2, 0) is 81.4 Å². The number of amides is 13. The maximum atomic E-state index is 15.2. The number of carbonyl (C=O) groups is 15. The van der Waals surface area contributed by atoms with Gasteiger partial charge in [0.25, 0.3) is 5.91 Å². The van der Waals surface area contributed by atoms with E-state index in [1.54, 1.807) is 20.8 Å². The Bertz CT molecular complexity index is 3280. The van der Waals surface area contributed by atoms with Crippen molar-refractivity contribution in [3.05, 3.63) is 0 Å². The second-order valence-electron chi connectivity index (χ2n) is 30.2. The van der Waals surface area contributed by atoms with Gasteiger partial charge in [0, 0.05) is 46.1 Å². The fourth-order valence-corrected chi connectivity index (χ4v) is 13.2. The van der Waals surface area contributed by atoms with Crippen molar-refractivity contribution in [3.8, 4) is 0 Å². The number of hydrogen-bond donors (Lipinski definition) is 20. The van der Waals surface area contributed by atoms with Gasteiger partial charge in [0.15, 0.2) is 18.0 Å². The number of methoxy groups -OCH3 is 1. The maximum absolute atomic E-state index is 15.2. The molecule has 0 saturated carbocycles. The molecule has 0 aliphatic carbocycles. The highest BCUT2D eigenvalue weighted by molar-refractivity contribution is 6.00. The van der Waals surface area contributed by atoms with E-state index in [1.165, 1.54) is 34.6 Å². The van der Waals surface area contributed by atoms with Crippen LogP contribution < -0.4 is 82.3 Å². The van der Waals surface area contributed by atoms with Gasteiger partial charge in [-0.05, 0) is 121 Å².